The summed E-state index contributed by atoms with van der Waals surface area (Å²) in [6.07, 6.45) is 0. The Morgan fingerprint density at radius 1 is 0.878 bits per heavy atom. The maximum atomic E-state index is 13.3. The normalized spacial score (nSPS) is 10.8. The topological polar surface area (TPSA) is 76.5 Å². The minimum Gasteiger partial charge on any atom is -0.407 e. The number of halogens is 1. The van der Waals surface area contributed by atoms with Crippen molar-refractivity contribution in [1.29, 1.82) is 0 Å². The minimum atomic E-state index is -0.475. The van der Waals surface area contributed by atoms with Gasteiger partial charge in [0, 0.05) is 43.5 Å². The first-order valence-electron chi connectivity index (χ1n) is 13.0. The highest BCUT2D eigenvalue weighted by atomic mass is 19.1. The van der Waals surface area contributed by atoms with E-state index in [0.29, 0.717) is 22.5 Å². The van der Waals surface area contributed by atoms with Crippen LogP contribution in [0.25, 0.3) is 28.1 Å². The van der Waals surface area contributed by atoms with Crippen molar-refractivity contribution in [2.24, 2.45) is 0 Å². The molecule has 0 spiro atoms. The fraction of sp³-hybridized carbons (Fsp3) is 0.121. The van der Waals surface area contributed by atoms with E-state index < -0.39 is 11.8 Å². The molecule has 8 heteroatoms. The highest BCUT2D eigenvalue weighted by Crippen LogP contribution is 2.42. The number of aryl methyl sites for hydroxylation is 1. The summed E-state index contributed by atoms with van der Waals surface area (Å²) in [7, 11) is 3.93. The predicted molar refractivity (Wildman–Crippen MR) is 159 cm³/mol. The van der Waals surface area contributed by atoms with Crippen molar-refractivity contribution in [3.8, 4) is 34.0 Å². The van der Waals surface area contributed by atoms with E-state index >= 15 is 0 Å². The van der Waals surface area contributed by atoms with Gasteiger partial charge in [0.1, 0.15) is 11.5 Å². The zero-order chi connectivity index (χ0) is 29.1. The maximum Gasteiger partial charge on any atom is 0.309 e. The number of hydrogen-bond acceptors (Lipinski definition) is 5. The van der Waals surface area contributed by atoms with E-state index in [4.69, 9.17) is 9.84 Å². The van der Waals surface area contributed by atoms with Gasteiger partial charge in [0.2, 0.25) is 5.88 Å². The van der Waals surface area contributed by atoms with Crippen molar-refractivity contribution in [1.82, 2.24) is 9.78 Å². The van der Waals surface area contributed by atoms with Crippen LogP contribution in [0.5, 0.6) is 5.88 Å². The lowest BCUT2D eigenvalue weighted by atomic mass is 10.0. The molecular formula is C33H29FN4O3. The lowest BCUT2D eigenvalue weighted by Crippen LogP contribution is -2.11. The van der Waals surface area contributed by atoms with Crippen LogP contribution in [0.4, 0.5) is 15.8 Å². The summed E-state index contributed by atoms with van der Waals surface area (Å²) in [5, 5.41) is 7.79. The fourth-order valence-electron chi connectivity index (χ4n) is 4.49. The number of rotatable bonds is 7. The summed E-state index contributed by atoms with van der Waals surface area (Å²) in [6, 6.07) is 28.3. The van der Waals surface area contributed by atoms with Crippen LogP contribution in [0, 0.1) is 12.7 Å². The Morgan fingerprint density at radius 2 is 1.59 bits per heavy atom. The molecule has 0 bridgehead atoms. The number of ether oxygens (including phenoxy) is 1. The number of nitrogens with one attached hydrogen (secondary N) is 1. The van der Waals surface area contributed by atoms with Gasteiger partial charge in [-0.25, -0.2) is 4.39 Å². The standard InChI is InChI=1S/C33H29FN4O3/c1-21-7-5-10-29(19-21)38-33(41-22(2)39)30(31(36-38)25-8-6-9-28(20-25)37(3)4)23-13-17-27(18-14-23)35-32(40)24-11-15-26(34)16-12-24/h5-20H,1-4H3,(H,35,40). The van der Waals surface area contributed by atoms with Crippen molar-refractivity contribution >= 4 is 23.3 Å². The van der Waals surface area contributed by atoms with Gasteiger partial charge >= 0.3 is 5.97 Å². The highest BCUT2D eigenvalue weighted by molar-refractivity contribution is 6.04. The third kappa shape index (κ3) is 6.01. The van der Waals surface area contributed by atoms with Gasteiger partial charge in [-0.1, -0.05) is 36.4 Å². The van der Waals surface area contributed by atoms with Crippen LogP contribution >= 0.6 is 0 Å². The van der Waals surface area contributed by atoms with Crippen molar-refractivity contribution in [3.63, 3.8) is 0 Å². The quantitative estimate of drug-likeness (QED) is 0.224. The number of esters is 1. The summed E-state index contributed by atoms with van der Waals surface area (Å²) in [6.45, 7) is 3.34. The minimum absolute atomic E-state index is 0.288. The van der Waals surface area contributed by atoms with Crippen LogP contribution in [0.2, 0.25) is 0 Å². The molecule has 0 saturated heterocycles. The first-order valence-corrected chi connectivity index (χ1v) is 13.0. The molecule has 0 fully saturated rings. The second-order valence-electron chi connectivity index (χ2n) is 9.86. The number of nitrogens with zero attached hydrogens (tertiary/aromatic N) is 3. The van der Waals surface area contributed by atoms with Crippen LogP contribution in [-0.2, 0) is 4.79 Å². The van der Waals surface area contributed by atoms with Crippen LogP contribution in [0.1, 0.15) is 22.8 Å². The van der Waals surface area contributed by atoms with Crippen molar-refractivity contribution in [3.05, 3.63) is 114 Å². The van der Waals surface area contributed by atoms with Gasteiger partial charge in [-0.15, -0.1) is 0 Å². The van der Waals surface area contributed by atoms with Gasteiger partial charge in [0.15, 0.2) is 0 Å². The van der Waals surface area contributed by atoms with E-state index in [-0.39, 0.29) is 11.8 Å². The Balaban J connectivity index is 1.63. The van der Waals surface area contributed by atoms with Crippen molar-refractivity contribution in [2.45, 2.75) is 13.8 Å². The van der Waals surface area contributed by atoms with E-state index in [1.807, 2.05) is 86.6 Å². The van der Waals surface area contributed by atoms with Crippen LogP contribution in [0.15, 0.2) is 97.1 Å². The number of carbonyl (C=O) groups excluding carboxylic acids is 2. The third-order valence-corrected chi connectivity index (χ3v) is 6.50. The number of amides is 1. The monoisotopic (exact) mass is 548 g/mol. The molecule has 5 aromatic rings. The molecule has 7 nitrogen and oxygen atoms in total. The Kier molecular flexibility index (Phi) is 7.65. The van der Waals surface area contributed by atoms with Crippen LogP contribution in [-0.4, -0.2) is 35.8 Å². The zero-order valence-electron chi connectivity index (χ0n) is 23.2. The smallest absolute Gasteiger partial charge is 0.309 e. The molecular weight excluding hydrogens is 519 g/mol. The number of hydrogen-bond donors (Lipinski definition) is 1. The number of aromatic nitrogens is 2. The molecule has 0 aliphatic heterocycles. The zero-order valence-corrected chi connectivity index (χ0v) is 23.2. The van der Waals surface area contributed by atoms with Gasteiger partial charge < -0.3 is 15.0 Å². The van der Waals surface area contributed by atoms with Gasteiger partial charge in [-0.05, 0) is 78.7 Å². The maximum absolute atomic E-state index is 13.3. The molecule has 0 aliphatic carbocycles. The van der Waals surface area contributed by atoms with E-state index in [1.165, 1.54) is 31.2 Å². The summed E-state index contributed by atoms with van der Waals surface area (Å²) in [4.78, 5) is 27.0. The number of carbonyl (C=O) groups is 2. The second-order valence-corrected chi connectivity index (χ2v) is 9.86. The molecule has 1 heterocycles. The Bertz CT molecular complexity index is 1720. The molecule has 4 aromatic carbocycles. The molecule has 0 aliphatic rings. The highest BCUT2D eigenvalue weighted by Gasteiger charge is 2.25. The summed E-state index contributed by atoms with van der Waals surface area (Å²) < 4.78 is 20.7. The summed E-state index contributed by atoms with van der Waals surface area (Å²) >= 11 is 0. The molecule has 206 valence electrons. The first-order chi connectivity index (χ1) is 19.7. The second kappa shape index (κ2) is 11.5. The molecule has 0 unspecified atom stereocenters. The first kappa shape index (κ1) is 27.3. The average molecular weight is 549 g/mol. The molecule has 1 amide bonds. The van der Waals surface area contributed by atoms with Gasteiger partial charge in [-0.3, -0.25) is 9.59 Å². The molecule has 1 N–H and O–H groups in total. The lowest BCUT2D eigenvalue weighted by Gasteiger charge is -2.14. The lowest BCUT2D eigenvalue weighted by molar-refractivity contribution is -0.132. The predicted octanol–water partition coefficient (Wildman–Crippen LogP) is 6.90. The van der Waals surface area contributed by atoms with Crippen molar-refractivity contribution < 1.29 is 18.7 Å². The SMILES string of the molecule is CC(=O)Oc1c(-c2ccc(NC(=O)c3ccc(F)cc3)cc2)c(-c2cccc(N(C)C)c2)nn1-c1cccc(C)c1. The van der Waals surface area contributed by atoms with Gasteiger partial charge in [0.25, 0.3) is 5.91 Å². The average Bonchev–Trinajstić information content (AvgIpc) is 3.32. The van der Waals surface area contributed by atoms with Crippen LogP contribution < -0.4 is 15.0 Å². The Labute approximate surface area is 237 Å². The molecule has 0 atom stereocenters. The van der Waals surface area contributed by atoms with Crippen LogP contribution in [0.3, 0.4) is 0 Å². The summed E-state index contributed by atoms with van der Waals surface area (Å²) in [5.41, 5.74) is 6.53. The third-order valence-electron chi connectivity index (χ3n) is 6.50. The van der Waals surface area contributed by atoms with E-state index in [2.05, 4.69) is 5.32 Å². The van der Waals surface area contributed by atoms with E-state index in [9.17, 15) is 14.0 Å². The number of benzene rings is 4. The van der Waals surface area contributed by atoms with E-state index in [1.54, 1.807) is 16.8 Å². The largest absolute Gasteiger partial charge is 0.407 e. The van der Waals surface area contributed by atoms with E-state index in [0.717, 1.165) is 28.1 Å². The molecule has 0 saturated carbocycles. The number of anilines is 2. The Hall–Kier alpha value is -5.24. The summed E-state index contributed by atoms with van der Waals surface area (Å²) in [5.74, 6) is -0.951. The fourth-order valence-corrected chi connectivity index (χ4v) is 4.49. The molecule has 0 radical (unpaired) electrons. The Morgan fingerprint density at radius 3 is 2.24 bits per heavy atom. The van der Waals surface area contributed by atoms with Crippen molar-refractivity contribution in [2.75, 3.05) is 24.3 Å². The van der Waals surface area contributed by atoms with Gasteiger partial charge in [-0.2, -0.15) is 9.78 Å². The molecule has 1 aromatic heterocycles. The van der Waals surface area contributed by atoms with Gasteiger partial charge in [0.05, 0.1) is 11.3 Å². The molecule has 5 rings (SSSR count). The molecule has 41 heavy (non-hydrogen) atoms.